The number of amides is 1. The van der Waals surface area contributed by atoms with Crippen molar-refractivity contribution in [3.8, 4) is 0 Å². The zero-order chi connectivity index (χ0) is 11.4. The number of rotatable bonds is 3. The number of aromatic nitrogens is 1. The molecule has 2 N–H and O–H groups in total. The average molecular weight is 219 g/mol. The van der Waals surface area contributed by atoms with Crippen LogP contribution in [0.1, 0.15) is 19.0 Å². The topological polar surface area (TPSA) is 54.0 Å². The van der Waals surface area contributed by atoms with Crippen LogP contribution in [0.5, 0.6) is 0 Å². The molecule has 86 valence electrons. The maximum atomic E-state index is 11.9. The molecule has 0 bridgehead atoms. The van der Waals surface area contributed by atoms with Gasteiger partial charge in [0.2, 0.25) is 5.91 Å². The van der Waals surface area contributed by atoms with Gasteiger partial charge in [-0.15, -0.1) is 0 Å². The van der Waals surface area contributed by atoms with Crippen LogP contribution in [-0.2, 0) is 11.3 Å². The van der Waals surface area contributed by atoms with E-state index in [-0.39, 0.29) is 17.9 Å². The van der Waals surface area contributed by atoms with Crippen LogP contribution < -0.4 is 10.6 Å². The van der Waals surface area contributed by atoms with E-state index in [1.54, 1.807) is 6.20 Å². The lowest BCUT2D eigenvalue weighted by molar-refractivity contribution is -0.125. The molecule has 0 aromatic carbocycles. The molecule has 1 fully saturated rings. The Morgan fingerprint density at radius 1 is 1.62 bits per heavy atom. The number of pyridine rings is 1. The van der Waals surface area contributed by atoms with Gasteiger partial charge in [0.05, 0.1) is 18.2 Å². The summed E-state index contributed by atoms with van der Waals surface area (Å²) in [4.78, 5) is 16.0. The van der Waals surface area contributed by atoms with Crippen LogP contribution >= 0.6 is 0 Å². The number of hydrogen-bond acceptors (Lipinski definition) is 3. The first kappa shape index (κ1) is 11.1. The van der Waals surface area contributed by atoms with Crippen molar-refractivity contribution in [2.24, 2.45) is 5.92 Å². The highest BCUT2D eigenvalue weighted by molar-refractivity contribution is 5.79. The molecule has 1 aliphatic heterocycles. The fourth-order valence-corrected chi connectivity index (χ4v) is 2.03. The molecule has 2 rings (SSSR count). The summed E-state index contributed by atoms with van der Waals surface area (Å²) >= 11 is 0. The Bertz CT molecular complexity index is 353. The molecular formula is C12H17N3O. The van der Waals surface area contributed by atoms with Crippen molar-refractivity contribution in [1.29, 1.82) is 0 Å². The van der Waals surface area contributed by atoms with Gasteiger partial charge in [-0.25, -0.2) is 0 Å². The quantitative estimate of drug-likeness (QED) is 0.786. The molecule has 16 heavy (non-hydrogen) atoms. The summed E-state index contributed by atoms with van der Waals surface area (Å²) in [5, 5.41) is 6.20. The van der Waals surface area contributed by atoms with E-state index in [2.05, 4.69) is 22.5 Å². The van der Waals surface area contributed by atoms with E-state index in [4.69, 9.17) is 0 Å². The number of nitrogens with one attached hydrogen (secondary N) is 2. The highest BCUT2D eigenvalue weighted by atomic mass is 16.1. The highest BCUT2D eigenvalue weighted by Gasteiger charge is 2.28. The minimum absolute atomic E-state index is 0.101. The zero-order valence-corrected chi connectivity index (χ0v) is 9.44. The Balaban J connectivity index is 1.84. The summed E-state index contributed by atoms with van der Waals surface area (Å²) < 4.78 is 0. The van der Waals surface area contributed by atoms with E-state index < -0.39 is 0 Å². The van der Waals surface area contributed by atoms with Gasteiger partial charge in [-0.3, -0.25) is 9.78 Å². The molecule has 2 heterocycles. The van der Waals surface area contributed by atoms with Crippen LogP contribution in [-0.4, -0.2) is 23.5 Å². The van der Waals surface area contributed by atoms with Gasteiger partial charge in [0.1, 0.15) is 0 Å². The molecule has 0 aliphatic carbocycles. The molecule has 0 spiro atoms. The normalized spacial score (nSPS) is 24.3. The molecule has 1 aromatic rings. The standard InChI is InChI=1S/C12H17N3O/c1-9-11(5-7-13-9)12(16)15-8-10-4-2-3-6-14-10/h2-4,6,9,11,13H,5,7-8H2,1H3,(H,15,16). The first-order chi connectivity index (χ1) is 7.77. The van der Waals surface area contributed by atoms with E-state index in [1.807, 2.05) is 18.2 Å². The Morgan fingerprint density at radius 2 is 2.50 bits per heavy atom. The zero-order valence-electron chi connectivity index (χ0n) is 9.44. The second-order valence-corrected chi connectivity index (χ2v) is 4.18. The van der Waals surface area contributed by atoms with E-state index >= 15 is 0 Å². The predicted octanol–water partition coefficient (Wildman–Crippen LogP) is 0.696. The van der Waals surface area contributed by atoms with Crippen LogP contribution in [0.25, 0.3) is 0 Å². The maximum absolute atomic E-state index is 11.9. The summed E-state index contributed by atoms with van der Waals surface area (Å²) in [5.41, 5.74) is 0.898. The summed E-state index contributed by atoms with van der Waals surface area (Å²) in [7, 11) is 0. The SMILES string of the molecule is CC1NCCC1C(=O)NCc1ccccn1. The number of carbonyl (C=O) groups is 1. The van der Waals surface area contributed by atoms with Gasteiger partial charge >= 0.3 is 0 Å². The summed E-state index contributed by atoms with van der Waals surface area (Å²) in [6.07, 6.45) is 2.66. The van der Waals surface area contributed by atoms with Gasteiger partial charge in [-0.2, -0.15) is 0 Å². The van der Waals surface area contributed by atoms with Crippen molar-refractivity contribution in [3.63, 3.8) is 0 Å². The summed E-state index contributed by atoms with van der Waals surface area (Å²) in [6, 6.07) is 5.99. The largest absolute Gasteiger partial charge is 0.350 e. The van der Waals surface area contributed by atoms with Crippen LogP contribution in [0.3, 0.4) is 0 Å². The summed E-state index contributed by atoms with van der Waals surface area (Å²) in [5.74, 6) is 0.229. The van der Waals surface area contributed by atoms with Gasteiger partial charge < -0.3 is 10.6 Å². The number of carbonyl (C=O) groups excluding carboxylic acids is 1. The molecule has 4 nitrogen and oxygen atoms in total. The van der Waals surface area contributed by atoms with Crippen LogP contribution in [0.2, 0.25) is 0 Å². The van der Waals surface area contributed by atoms with Crippen molar-refractivity contribution in [2.75, 3.05) is 6.54 Å². The molecule has 4 heteroatoms. The maximum Gasteiger partial charge on any atom is 0.225 e. The minimum Gasteiger partial charge on any atom is -0.350 e. The van der Waals surface area contributed by atoms with Crippen LogP contribution in [0, 0.1) is 5.92 Å². The lowest BCUT2D eigenvalue weighted by Crippen LogP contribution is -2.36. The van der Waals surface area contributed by atoms with Crippen LogP contribution in [0.15, 0.2) is 24.4 Å². The van der Waals surface area contributed by atoms with Crippen molar-refractivity contribution in [2.45, 2.75) is 25.9 Å². The molecule has 0 saturated carbocycles. The van der Waals surface area contributed by atoms with Gasteiger partial charge in [0, 0.05) is 12.2 Å². The Hall–Kier alpha value is -1.42. The third kappa shape index (κ3) is 2.58. The molecule has 1 aliphatic rings. The predicted molar refractivity (Wildman–Crippen MR) is 61.7 cm³/mol. The van der Waals surface area contributed by atoms with Gasteiger partial charge in [0.15, 0.2) is 0 Å². The highest BCUT2D eigenvalue weighted by Crippen LogP contribution is 2.14. The second-order valence-electron chi connectivity index (χ2n) is 4.18. The number of nitrogens with zero attached hydrogens (tertiary/aromatic N) is 1. The van der Waals surface area contributed by atoms with Gasteiger partial charge in [0.25, 0.3) is 0 Å². The van der Waals surface area contributed by atoms with Crippen molar-refractivity contribution < 1.29 is 4.79 Å². The van der Waals surface area contributed by atoms with Crippen molar-refractivity contribution >= 4 is 5.91 Å². The second kappa shape index (κ2) is 5.07. The Kier molecular flexibility index (Phi) is 3.51. The Labute approximate surface area is 95.5 Å². The number of hydrogen-bond donors (Lipinski definition) is 2. The van der Waals surface area contributed by atoms with E-state index in [1.165, 1.54) is 0 Å². The third-order valence-corrected chi connectivity index (χ3v) is 3.03. The van der Waals surface area contributed by atoms with E-state index in [0.29, 0.717) is 6.54 Å². The molecule has 1 amide bonds. The molecule has 2 unspecified atom stereocenters. The Morgan fingerprint density at radius 3 is 3.12 bits per heavy atom. The minimum atomic E-state index is 0.101. The lowest BCUT2D eigenvalue weighted by atomic mass is 10.0. The first-order valence-electron chi connectivity index (χ1n) is 5.68. The summed E-state index contributed by atoms with van der Waals surface area (Å²) in [6.45, 7) is 3.50. The van der Waals surface area contributed by atoms with E-state index in [9.17, 15) is 4.79 Å². The lowest BCUT2D eigenvalue weighted by Gasteiger charge is -2.14. The van der Waals surface area contributed by atoms with Crippen molar-refractivity contribution in [3.05, 3.63) is 30.1 Å². The van der Waals surface area contributed by atoms with Gasteiger partial charge in [-0.05, 0) is 32.0 Å². The van der Waals surface area contributed by atoms with E-state index in [0.717, 1.165) is 18.7 Å². The third-order valence-electron chi connectivity index (χ3n) is 3.03. The van der Waals surface area contributed by atoms with Gasteiger partial charge in [-0.1, -0.05) is 6.07 Å². The molecule has 1 aromatic heterocycles. The smallest absolute Gasteiger partial charge is 0.225 e. The molecule has 0 radical (unpaired) electrons. The fourth-order valence-electron chi connectivity index (χ4n) is 2.03. The molecule has 1 saturated heterocycles. The first-order valence-corrected chi connectivity index (χ1v) is 5.68. The molecule has 2 atom stereocenters. The average Bonchev–Trinajstić information content (AvgIpc) is 2.74. The van der Waals surface area contributed by atoms with Crippen molar-refractivity contribution in [1.82, 2.24) is 15.6 Å². The van der Waals surface area contributed by atoms with Crippen LogP contribution in [0.4, 0.5) is 0 Å². The fraction of sp³-hybridized carbons (Fsp3) is 0.500. The molecular weight excluding hydrogens is 202 g/mol. The monoisotopic (exact) mass is 219 g/mol.